The highest BCUT2D eigenvalue weighted by atomic mass is 19.1. The van der Waals surface area contributed by atoms with Crippen LogP contribution in [0.4, 0.5) is 10.2 Å². The number of carbonyl (C=O) groups excluding carboxylic acids is 1. The Morgan fingerprint density at radius 1 is 1.44 bits per heavy atom. The molecule has 1 aromatic heterocycles. The summed E-state index contributed by atoms with van der Waals surface area (Å²) in [5.41, 5.74) is 0.853. The molecule has 0 saturated carbocycles. The normalized spacial score (nSPS) is 10.1. The zero-order valence-corrected chi connectivity index (χ0v) is 8.62. The van der Waals surface area contributed by atoms with Gasteiger partial charge in [-0.25, -0.2) is 4.39 Å². The van der Waals surface area contributed by atoms with Crippen molar-refractivity contribution in [1.29, 1.82) is 0 Å². The lowest BCUT2D eigenvalue weighted by Crippen LogP contribution is -2.12. The van der Waals surface area contributed by atoms with Crippen molar-refractivity contribution in [2.75, 3.05) is 5.32 Å². The van der Waals surface area contributed by atoms with Gasteiger partial charge >= 0.3 is 0 Å². The maximum atomic E-state index is 13.0. The number of amides is 1. The fourth-order valence-electron chi connectivity index (χ4n) is 1.31. The number of anilines is 1. The molecular formula is C11H10FN3O. The Labute approximate surface area is 91.5 Å². The van der Waals surface area contributed by atoms with Gasteiger partial charge in [0.05, 0.1) is 6.20 Å². The van der Waals surface area contributed by atoms with Crippen molar-refractivity contribution in [1.82, 2.24) is 10.2 Å². The van der Waals surface area contributed by atoms with Crippen molar-refractivity contribution in [2.45, 2.75) is 6.92 Å². The molecule has 2 aromatic rings. The van der Waals surface area contributed by atoms with Crippen LogP contribution in [-0.2, 0) is 0 Å². The Hall–Kier alpha value is -2.17. The smallest absolute Gasteiger partial charge is 0.256 e. The van der Waals surface area contributed by atoms with Crippen LogP contribution in [0.1, 0.15) is 15.9 Å². The topological polar surface area (TPSA) is 57.8 Å². The number of H-pyrrole nitrogens is 1. The van der Waals surface area contributed by atoms with Crippen molar-refractivity contribution < 1.29 is 9.18 Å². The van der Waals surface area contributed by atoms with Gasteiger partial charge in [-0.3, -0.25) is 9.89 Å². The lowest BCUT2D eigenvalue weighted by molar-refractivity contribution is 0.102. The lowest BCUT2D eigenvalue weighted by atomic mass is 10.1. The average Bonchev–Trinajstić information content (AvgIpc) is 2.74. The van der Waals surface area contributed by atoms with Gasteiger partial charge in [-0.2, -0.15) is 5.10 Å². The van der Waals surface area contributed by atoms with Gasteiger partial charge in [0.25, 0.3) is 5.91 Å². The number of nitrogens with zero attached hydrogens (tertiary/aromatic N) is 1. The van der Waals surface area contributed by atoms with Crippen LogP contribution < -0.4 is 5.32 Å². The van der Waals surface area contributed by atoms with Gasteiger partial charge < -0.3 is 5.32 Å². The largest absolute Gasteiger partial charge is 0.307 e. The molecule has 1 heterocycles. The molecule has 0 aliphatic heterocycles. The van der Waals surface area contributed by atoms with Crippen LogP contribution in [0.2, 0.25) is 0 Å². The summed E-state index contributed by atoms with van der Waals surface area (Å²) in [6.07, 6.45) is 1.53. The molecule has 5 heteroatoms. The van der Waals surface area contributed by atoms with Crippen LogP contribution in [0.3, 0.4) is 0 Å². The van der Waals surface area contributed by atoms with E-state index in [0.717, 1.165) is 0 Å². The molecule has 4 nitrogen and oxygen atoms in total. The number of hydrogen-bond acceptors (Lipinski definition) is 2. The summed E-state index contributed by atoms with van der Waals surface area (Å²) in [4.78, 5) is 11.7. The number of hydrogen-bond donors (Lipinski definition) is 2. The first-order chi connectivity index (χ1) is 7.66. The van der Waals surface area contributed by atoms with Crippen LogP contribution in [0.15, 0.2) is 30.5 Å². The van der Waals surface area contributed by atoms with E-state index in [9.17, 15) is 9.18 Å². The molecule has 1 amide bonds. The van der Waals surface area contributed by atoms with Crippen LogP contribution in [0.5, 0.6) is 0 Å². The van der Waals surface area contributed by atoms with Crippen molar-refractivity contribution in [2.24, 2.45) is 0 Å². The van der Waals surface area contributed by atoms with E-state index in [0.29, 0.717) is 16.9 Å². The monoisotopic (exact) mass is 219 g/mol. The molecule has 2 rings (SSSR count). The number of nitrogens with one attached hydrogen (secondary N) is 2. The fraction of sp³-hybridized carbons (Fsp3) is 0.0909. The summed E-state index contributed by atoms with van der Waals surface area (Å²) in [6.45, 7) is 1.61. The molecule has 0 unspecified atom stereocenters. The van der Waals surface area contributed by atoms with E-state index in [1.54, 1.807) is 13.0 Å². The molecule has 16 heavy (non-hydrogen) atoms. The molecule has 2 N–H and O–H groups in total. The van der Waals surface area contributed by atoms with E-state index in [1.165, 1.54) is 24.4 Å². The van der Waals surface area contributed by atoms with Crippen molar-refractivity contribution in [3.63, 3.8) is 0 Å². The molecule has 0 aliphatic carbocycles. The lowest BCUT2D eigenvalue weighted by Gasteiger charge is -2.03. The highest BCUT2D eigenvalue weighted by molar-refractivity contribution is 6.03. The minimum Gasteiger partial charge on any atom is -0.307 e. The molecule has 0 saturated heterocycles. The van der Waals surface area contributed by atoms with Gasteiger partial charge in [0.2, 0.25) is 0 Å². The number of aromatic amines is 1. The molecule has 0 bridgehead atoms. The van der Waals surface area contributed by atoms with Gasteiger partial charge in [-0.05, 0) is 30.7 Å². The van der Waals surface area contributed by atoms with Crippen molar-refractivity contribution in [3.05, 3.63) is 47.4 Å². The zero-order chi connectivity index (χ0) is 11.5. The minimum absolute atomic E-state index is 0.299. The summed E-state index contributed by atoms with van der Waals surface area (Å²) < 4.78 is 13.0. The van der Waals surface area contributed by atoms with Gasteiger partial charge in [-0.15, -0.1) is 0 Å². The predicted octanol–water partition coefficient (Wildman–Crippen LogP) is 2.11. The van der Waals surface area contributed by atoms with E-state index < -0.39 is 0 Å². The number of aromatic nitrogens is 2. The average molecular weight is 219 g/mol. The van der Waals surface area contributed by atoms with Crippen LogP contribution in [0, 0.1) is 12.7 Å². The Morgan fingerprint density at radius 3 is 2.88 bits per heavy atom. The fourth-order valence-corrected chi connectivity index (χ4v) is 1.31. The summed E-state index contributed by atoms with van der Waals surface area (Å²) in [5.74, 6) is -0.114. The summed E-state index contributed by atoms with van der Waals surface area (Å²) in [5, 5.41) is 8.91. The molecular weight excluding hydrogens is 209 g/mol. The van der Waals surface area contributed by atoms with Crippen LogP contribution >= 0.6 is 0 Å². The predicted molar refractivity (Wildman–Crippen MR) is 57.7 cm³/mol. The number of benzene rings is 1. The van der Waals surface area contributed by atoms with Crippen molar-refractivity contribution >= 4 is 11.7 Å². The van der Waals surface area contributed by atoms with Crippen LogP contribution in [0.25, 0.3) is 0 Å². The minimum atomic E-state index is -0.321. The number of carbonyl (C=O) groups is 1. The van der Waals surface area contributed by atoms with E-state index in [4.69, 9.17) is 0 Å². The zero-order valence-electron chi connectivity index (χ0n) is 8.62. The molecule has 1 aromatic carbocycles. The molecule has 0 fully saturated rings. The second-order valence-corrected chi connectivity index (χ2v) is 3.39. The third-order valence-electron chi connectivity index (χ3n) is 2.17. The second kappa shape index (κ2) is 4.14. The molecule has 0 spiro atoms. The summed E-state index contributed by atoms with van der Waals surface area (Å²) >= 11 is 0. The number of halogens is 1. The van der Waals surface area contributed by atoms with E-state index in [-0.39, 0.29) is 11.7 Å². The Balaban J connectivity index is 2.18. The van der Waals surface area contributed by atoms with Gasteiger partial charge in [-0.1, -0.05) is 0 Å². The number of rotatable bonds is 2. The maximum absolute atomic E-state index is 13.0. The first-order valence-corrected chi connectivity index (χ1v) is 4.73. The Morgan fingerprint density at radius 2 is 2.25 bits per heavy atom. The first-order valence-electron chi connectivity index (χ1n) is 4.73. The van der Waals surface area contributed by atoms with Gasteiger partial charge in [0.1, 0.15) is 11.6 Å². The molecule has 0 atom stereocenters. The second-order valence-electron chi connectivity index (χ2n) is 3.39. The summed E-state index contributed by atoms with van der Waals surface area (Å²) in [7, 11) is 0. The van der Waals surface area contributed by atoms with E-state index >= 15 is 0 Å². The van der Waals surface area contributed by atoms with Gasteiger partial charge in [0, 0.05) is 11.6 Å². The first kappa shape index (κ1) is 10.4. The highest BCUT2D eigenvalue weighted by Crippen LogP contribution is 2.11. The van der Waals surface area contributed by atoms with Crippen LogP contribution in [-0.4, -0.2) is 16.1 Å². The van der Waals surface area contributed by atoms with E-state index in [1.807, 2.05) is 0 Å². The molecule has 82 valence electrons. The molecule has 0 aliphatic rings. The SMILES string of the molecule is Cc1cc(C(=O)Nc2ccn[nH]2)ccc1F. The highest BCUT2D eigenvalue weighted by Gasteiger charge is 2.08. The number of aryl methyl sites for hydroxylation is 1. The Kier molecular flexibility index (Phi) is 2.68. The molecule has 0 radical (unpaired) electrons. The third-order valence-corrected chi connectivity index (χ3v) is 2.17. The Bertz CT molecular complexity index is 508. The standard InChI is InChI=1S/C11H10FN3O/c1-7-6-8(2-3-9(7)12)11(16)14-10-4-5-13-15-10/h2-6H,1H3,(H2,13,14,15,16). The quantitative estimate of drug-likeness (QED) is 0.812. The third kappa shape index (κ3) is 2.08. The van der Waals surface area contributed by atoms with Crippen molar-refractivity contribution in [3.8, 4) is 0 Å². The maximum Gasteiger partial charge on any atom is 0.256 e. The van der Waals surface area contributed by atoms with E-state index in [2.05, 4.69) is 15.5 Å². The summed E-state index contributed by atoms with van der Waals surface area (Å²) in [6, 6.07) is 5.85. The van der Waals surface area contributed by atoms with Gasteiger partial charge in [0.15, 0.2) is 0 Å².